The lowest BCUT2D eigenvalue weighted by atomic mass is 10.0. The summed E-state index contributed by atoms with van der Waals surface area (Å²) in [5.41, 5.74) is 0.999. The zero-order chi connectivity index (χ0) is 19.4. The number of thiocarbonyl (C=S) groups is 1. The van der Waals surface area contributed by atoms with E-state index in [0.29, 0.717) is 24.0 Å². The van der Waals surface area contributed by atoms with Gasteiger partial charge in [-0.15, -0.1) is 0 Å². The molecular formula is C19H24O6S2. The predicted molar refractivity (Wildman–Crippen MR) is 105 cm³/mol. The Labute approximate surface area is 168 Å². The normalized spacial score (nSPS) is 28.0. The van der Waals surface area contributed by atoms with Crippen LogP contribution in [0.3, 0.4) is 0 Å². The molecule has 2 heterocycles. The Balaban J connectivity index is 1.64. The Bertz CT molecular complexity index is 665. The van der Waals surface area contributed by atoms with E-state index in [4.69, 9.17) is 35.9 Å². The van der Waals surface area contributed by atoms with E-state index in [9.17, 15) is 4.79 Å². The first-order valence-electron chi connectivity index (χ1n) is 8.80. The fourth-order valence-corrected chi connectivity index (χ4v) is 3.43. The van der Waals surface area contributed by atoms with Crippen LogP contribution >= 0.6 is 24.0 Å². The highest BCUT2D eigenvalue weighted by molar-refractivity contribution is 8.22. The van der Waals surface area contributed by atoms with Crippen molar-refractivity contribution in [2.75, 3.05) is 12.9 Å². The number of thioether (sulfide) groups is 1. The van der Waals surface area contributed by atoms with Gasteiger partial charge in [0.2, 0.25) is 4.38 Å². The molecule has 1 aromatic rings. The van der Waals surface area contributed by atoms with Crippen LogP contribution < -0.4 is 0 Å². The summed E-state index contributed by atoms with van der Waals surface area (Å²) in [6.07, 6.45) is 0.150. The molecule has 0 amide bonds. The number of carbonyl (C=O) groups excluding carboxylic acids is 1. The van der Waals surface area contributed by atoms with Gasteiger partial charge in [0.05, 0.1) is 13.2 Å². The van der Waals surface area contributed by atoms with Crippen LogP contribution in [-0.2, 0) is 35.1 Å². The van der Waals surface area contributed by atoms with Crippen molar-refractivity contribution in [2.24, 2.45) is 0 Å². The van der Waals surface area contributed by atoms with E-state index in [2.05, 4.69) is 0 Å². The molecule has 0 bridgehead atoms. The smallest absolute Gasteiger partial charge is 0.335 e. The highest BCUT2D eigenvalue weighted by Gasteiger charge is 2.48. The van der Waals surface area contributed by atoms with Crippen LogP contribution in [-0.4, -0.2) is 53.4 Å². The summed E-state index contributed by atoms with van der Waals surface area (Å²) >= 11 is 6.53. The van der Waals surface area contributed by atoms with Gasteiger partial charge < -0.3 is 23.7 Å². The van der Waals surface area contributed by atoms with Gasteiger partial charge in [-0.05, 0) is 37.9 Å². The van der Waals surface area contributed by atoms with E-state index >= 15 is 0 Å². The number of esters is 1. The quantitative estimate of drug-likeness (QED) is 0.522. The Morgan fingerprint density at radius 1 is 1.33 bits per heavy atom. The van der Waals surface area contributed by atoms with Gasteiger partial charge in [-0.25, -0.2) is 4.79 Å². The van der Waals surface area contributed by atoms with Crippen LogP contribution in [0, 0.1) is 0 Å². The molecule has 0 aromatic heterocycles. The lowest BCUT2D eigenvalue weighted by Crippen LogP contribution is -2.42. The summed E-state index contributed by atoms with van der Waals surface area (Å²) in [6.45, 7) is 4.36. The van der Waals surface area contributed by atoms with Crippen molar-refractivity contribution in [1.82, 2.24) is 0 Å². The second-order valence-electron chi connectivity index (χ2n) is 6.90. The first-order chi connectivity index (χ1) is 12.9. The molecule has 0 aliphatic carbocycles. The van der Waals surface area contributed by atoms with Gasteiger partial charge in [0.25, 0.3) is 0 Å². The molecule has 3 rings (SSSR count). The van der Waals surface area contributed by atoms with Crippen molar-refractivity contribution >= 4 is 34.3 Å². The SMILES string of the molecule is CSC(=S)O[C@@H]([C@H]1C[C@@H](OCc2ccccc2)C(=O)O1)[C@H]1COC(C)(C)O1. The van der Waals surface area contributed by atoms with Gasteiger partial charge in [-0.3, -0.25) is 0 Å². The lowest BCUT2D eigenvalue weighted by Gasteiger charge is -2.28. The lowest BCUT2D eigenvalue weighted by molar-refractivity contribution is -0.165. The number of ether oxygens (including phenoxy) is 5. The van der Waals surface area contributed by atoms with Crippen LogP contribution in [0.4, 0.5) is 0 Å². The second kappa shape index (κ2) is 8.87. The van der Waals surface area contributed by atoms with Crippen molar-refractivity contribution in [1.29, 1.82) is 0 Å². The maximum Gasteiger partial charge on any atom is 0.335 e. The first kappa shape index (κ1) is 20.5. The van der Waals surface area contributed by atoms with Crippen LogP contribution in [0.1, 0.15) is 25.8 Å². The minimum absolute atomic E-state index is 0.345. The van der Waals surface area contributed by atoms with E-state index in [-0.39, 0.29) is 6.10 Å². The largest absolute Gasteiger partial charge is 0.468 e. The number of carbonyl (C=O) groups is 1. The molecule has 27 heavy (non-hydrogen) atoms. The summed E-state index contributed by atoms with van der Waals surface area (Å²) in [5.74, 6) is -1.10. The van der Waals surface area contributed by atoms with Gasteiger partial charge in [0, 0.05) is 6.42 Å². The predicted octanol–water partition coefficient (Wildman–Crippen LogP) is 3.07. The molecule has 148 valence electrons. The van der Waals surface area contributed by atoms with Crippen LogP contribution in [0.5, 0.6) is 0 Å². The maximum absolute atomic E-state index is 12.3. The van der Waals surface area contributed by atoms with Crippen LogP contribution in [0.25, 0.3) is 0 Å². The third kappa shape index (κ3) is 5.42. The van der Waals surface area contributed by atoms with E-state index in [1.165, 1.54) is 11.8 Å². The zero-order valence-corrected chi connectivity index (χ0v) is 17.2. The van der Waals surface area contributed by atoms with Gasteiger partial charge in [-0.2, -0.15) is 0 Å². The van der Waals surface area contributed by atoms with Crippen molar-refractivity contribution in [2.45, 2.75) is 57.1 Å². The minimum atomic E-state index is -0.709. The maximum atomic E-state index is 12.3. The summed E-state index contributed by atoms with van der Waals surface area (Å²) in [5, 5.41) is 0. The Hall–Kier alpha value is -1.19. The van der Waals surface area contributed by atoms with Crippen molar-refractivity contribution in [3.63, 3.8) is 0 Å². The van der Waals surface area contributed by atoms with Crippen LogP contribution in [0.15, 0.2) is 30.3 Å². The Morgan fingerprint density at radius 2 is 2.07 bits per heavy atom. The van der Waals surface area contributed by atoms with Gasteiger partial charge in [-0.1, -0.05) is 42.1 Å². The second-order valence-corrected chi connectivity index (χ2v) is 8.31. The van der Waals surface area contributed by atoms with Gasteiger partial charge in [0.1, 0.15) is 12.2 Å². The van der Waals surface area contributed by atoms with Gasteiger partial charge in [0.15, 0.2) is 18.0 Å². The summed E-state index contributed by atoms with van der Waals surface area (Å²) in [6, 6.07) is 9.70. The number of benzene rings is 1. The zero-order valence-electron chi connectivity index (χ0n) is 15.6. The fraction of sp³-hybridized carbons (Fsp3) is 0.579. The van der Waals surface area contributed by atoms with E-state index in [1.807, 2.05) is 50.4 Å². The highest BCUT2D eigenvalue weighted by Crippen LogP contribution is 2.32. The molecule has 2 aliphatic heterocycles. The molecule has 8 heteroatoms. The molecule has 0 spiro atoms. The third-order valence-corrected chi connectivity index (χ3v) is 5.46. The minimum Gasteiger partial charge on any atom is -0.468 e. The number of rotatable bonds is 6. The molecular weight excluding hydrogens is 388 g/mol. The van der Waals surface area contributed by atoms with E-state index < -0.39 is 30.1 Å². The van der Waals surface area contributed by atoms with Crippen molar-refractivity contribution < 1.29 is 28.5 Å². The van der Waals surface area contributed by atoms with E-state index in [0.717, 1.165) is 5.56 Å². The Kier molecular flexibility index (Phi) is 6.75. The average molecular weight is 413 g/mol. The molecule has 0 unspecified atom stereocenters. The molecule has 2 saturated heterocycles. The number of hydrogen-bond acceptors (Lipinski definition) is 8. The highest BCUT2D eigenvalue weighted by atomic mass is 32.2. The monoisotopic (exact) mass is 412 g/mol. The standard InChI is InChI=1S/C19H24O6S2/c1-19(2)22-11-15(25-19)16(24-18(26)27-3)13-9-14(17(20)23-13)21-10-12-7-5-4-6-8-12/h4-8,13-16H,9-11H2,1-3H3/t13-,14-,15-,16+/m1/s1. The third-order valence-electron chi connectivity index (χ3n) is 4.43. The van der Waals surface area contributed by atoms with Crippen molar-refractivity contribution in [3.05, 3.63) is 35.9 Å². The van der Waals surface area contributed by atoms with Crippen molar-refractivity contribution in [3.8, 4) is 0 Å². The molecule has 1 aromatic carbocycles. The average Bonchev–Trinajstić information content (AvgIpc) is 3.20. The molecule has 2 aliphatic rings. The van der Waals surface area contributed by atoms with Gasteiger partial charge >= 0.3 is 5.97 Å². The number of hydrogen-bond donors (Lipinski definition) is 0. The molecule has 0 radical (unpaired) electrons. The molecule has 0 N–H and O–H groups in total. The summed E-state index contributed by atoms with van der Waals surface area (Å²) in [4.78, 5) is 12.3. The molecule has 0 saturated carbocycles. The topological polar surface area (TPSA) is 63.2 Å². The number of cyclic esters (lactones) is 1. The molecule has 6 nitrogen and oxygen atoms in total. The fourth-order valence-electron chi connectivity index (χ4n) is 3.12. The molecule has 4 atom stereocenters. The first-order valence-corrected chi connectivity index (χ1v) is 10.4. The summed E-state index contributed by atoms with van der Waals surface area (Å²) < 4.78 is 29.1. The van der Waals surface area contributed by atoms with Crippen LogP contribution in [0.2, 0.25) is 0 Å². The summed E-state index contributed by atoms with van der Waals surface area (Å²) in [7, 11) is 0. The Morgan fingerprint density at radius 3 is 2.70 bits per heavy atom. The van der Waals surface area contributed by atoms with E-state index in [1.54, 1.807) is 0 Å². The molecule has 2 fully saturated rings.